The summed E-state index contributed by atoms with van der Waals surface area (Å²) >= 11 is 0. The van der Waals surface area contributed by atoms with Crippen molar-refractivity contribution >= 4 is 41.9 Å². The van der Waals surface area contributed by atoms with E-state index in [9.17, 15) is 9.59 Å². The van der Waals surface area contributed by atoms with Gasteiger partial charge in [-0.15, -0.1) is 24.0 Å². The molecule has 0 heterocycles. The van der Waals surface area contributed by atoms with Crippen LogP contribution in [0.1, 0.15) is 47.0 Å². The average molecular weight is 483 g/mol. The molecule has 0 saturated heterocycles. The van der Waals surface area contributed by atoms with Crippen LogP contribution < -0.4 is 21.3 Å². The van der Waals surface area contributed by atoms with Crippen LogP contribution in [0.3, 0.4) is 0 Å². The van der Waals surface area contributed by atoms with Crippen molar-refractivity contribution in [1.29, 1.82) is 0 Å². The standard InChI is InChI=1S/C17H33N5O3.HI/c1-5-18-15(21-12-11-19-14(23)13-7-8-13)20-9-6-10-22-16(24)25-17(2,3)4;/h13H,5-12H2,1-4H3,(H,19,23)(H,22,24)(H2,18,20,21);1H. The van der Waals surface area contributed by atoms with Crippen LogP contribution in [0.2, 0.25) is 0 Å². The van der Waals surface area contributed by atoms with Gasteiger partial charge in [-0.2, -0.15) is 0 Å². The number of nitrogens with one attached hydrogen (secondary N) is 4. The number of alkyl carbamates (subject to hydrolysis) is 1. The van der Waals surface area contributed by atoms with Gasteiger partial charge in [0.25, 0.3) is 0 Å². The summed E-state index contributed by atoms with van der Waals surface area (Å²) in [6.45, 7) is 10.6. The first-order chi connectivity index (χ1) is 11.8. The molecule has 1 rings (SSSR count). The Kier molecular flexibility index (Phi) is 12.4. The number of ether oxygens (including phenoxy) is 1. The van der Waals surface area contributed by atoms with E-state index in [2.05, 4.69) is 26.3 Å². The predicted molar refractivity (Wildman–Crippen MR) is 114 cm³/mol. The van der Waals surface area contributed by atoms with Crippen LogP contribution in [0.25, 0.3) is 0 Å². The molecular formula is C17H34IN5O3. The van der Waals surface area contributed by atoms with E-state index in [1.807, 2.05) is 27.7 Å². The first-order valence-electron chi connectivity index (χ1n) is 9.08. The molecule has 8 nitrogen and oxygen atoms in total. The number of nitrogens with zero attached hydrogens (tertiary/aromatic N) is 1. The molecule has 0 radical (unpaired) electrons. The average Bonchev–Trinajstić information content (AvgIpc) is 3.33. The molecule has 0 aliphatic heterocycles. The molecular weight excluding hydrogens is 449 g/mol. The van der Waals surface area contributed by atoms with Crippen molar-refractivity contribution in [1.82, 2.24) is 21.3 Å². The summed E-state index contributed by atoms with van der Waals surface area (Å²) in [5, 5.41) is 11.9. The van der Waals surface area contributed by atoms with E-state index in [0.29, 0.717) is 38.6 Å². The lowest BCUT2D eigenvalue weighted by Gasteiger charge is -2.19. The Bertz CT molecular complexity index is 462. The molecule has 4 N–H and O–H groups in total. The number of guanidine groups is 1. The van der Waals surface area contributed by atoms with Gasteiger partial charge in [-0.1, -0.05) is 0 Å². The zero-order chi connectivity index (χ0) is 18.7. The molecule has 152 valence electrons. The van der Waals surface area contributed by atoms with Crippen molar-refractivity contribution in [2.45, 2.75) is 52.6 Å². The second-order valence-corrected chi connectivity index (χ2v) is 7.03. The fourth-order valence-electron chi connectivity index (χ4n) is 1.97. The Balaban J connectivity index is 0.00000625. The Labute approximate surface area is 173 Å². The van der Waals surface area contributed by atoms with E-state index in [-0.39, 0.29) is 35.8 Å². The molecule has 0 aromatic carbocycles. The third-order valence-corrected chi connectivity index (χ3v) is 3.28. The van der Waals surface area contributed by atoms with Gasteiger partial charge in [0.15, 0.2) is 5.96 Å². The lowest BCUT2D eigenvalue weighted by molar-refractivity contribution is -0.122. The summed E-state index contributed by atoms with van der Waals surface area (Å²) in [5.74, 6) is 1.09. The molecule has 9 heteroatoms. The summed E-state index contributed by atoms with van der Waals surface area (Å²) < 4.78 is 5.16. The SMILES string of the molecule is CCNC(=NCCCNC(=O)OC(C)(C)C)NCCNC(=O)C1CC1.I. The molecule has 2 amide bonds. The Hall–Kier alpha value is -1.26. The molecule has 1 aliphatic carbocycles. The molecule has 0 bridgehead atoms. The maximum atomic E-state index is 11.5. The van der Waals surface area contributed by atoms with Gasteiger partial charge in [0.05, 0.1) is 0 Å². The highest BCUT2D eigenvalue weighted by Crippen LogP contribution is 2.28. The van der Waals surface area contributed by atoms with E-state index in [1.54, 1.807) is 0 Å². The minimum atomic E-state index is -0.487. The van der Waals surface area contributed by atoms with Crippen molar-refractivity contribution < 1.29 is 14.3 Å². The molecule has 1 aliphatic rings. The monoisotopic (exact) mass is 483 g/mol. The van der Waals surface area contributed by atoms with Gasteiger partial charge in [-0.3, -0.25) is 9.79 Å². The second-order valence-electron chi connectivity index (χ2n) is 7.03. The minimum Gasteiger partial charge on any atom is -0.444 e. The summed E-state index contributed by atoms with van der Waals surface area (Å²) in [6.07, 6.45) is 2.34. The molecule has 0 spiro atoms. The second kappa shape index (κ2) is 13.0. The Morgan fingerprint density at radius 2 is 1.69 bits per heavy atom. The van der Waals surface area contributed by atoms with Gasteiger partial charge in [-0.05, 0) is 47.0 Å². The molecule has 0 atom stereocenters. The molecule has 26 heavy (non-hydrogen) atoms. The largest absolute Gasteiger partial charge is 0.444 e. The fourth-order valence-corrected chi connectivity index (χ4v) is 1.97. The van der Waals surface area contributed by atoms with Gasteiger partial charge in [-0.25, -0.2) is 4.79 Å². The van der Waals surface area contributed by atoms with E-state index in [1.165, 1.54) is 0 Å². The van der Waals surface area contributed by atoms with Gasteiger partial charge in [0.1, 0.15) is 5.60 Å². The zero-order valence-electron chi connectivity index (χ0n) is 16.3. The third kappa shape index (κ3) is 13.0. The number of aliphatic imine (C=N–C) groups is 1. The van der Waals surface area contributed by atoms with E-state index in [0.717, 1.165) is 19.4 Å². The van der Waals surface area contributed by atoms with E-state index in [4.69, 9.17) is 4.74 Å². The van der Waals surface area contributed by atoms with E-state index >= 15 is 0 Å². The van der Waals surface area contributed by atoms with Crippen molar-refractivity contribution in [2.24, 2.45) is 10.9 Å². The van der Waals surface area contributed by atoms with Gasteiger partial charge in [0.2, 0.25) is 5.91 Å². The lowest BCUT2D eigenvalue weighted by atomic mass is 10.2. The summed E-state index contributed by atoms with van der Waals surface area (Å²) in [4.78, 5) is 27.5. The van der Waals surface area contributed by atoms with Crippen LogP contribution in [0.5, 0.6) is 0 Å². The van der Waals surface area contributed by atoms with Crippen LogP contribution in [-0.4, -0.2) is 56.3 Å². The predicted octanol–water partition coefficient (Wildman–Crippen LogP) is 1.60. The van der Waals surface area contributed by atoms with Crippen LogP contribution in [-0.2, 0) is 9.53 Å². The summed E-state index contributed by atoms with van der Waals surface area (Å²) in [6, 6.07) is 0. The number of hydrogen-bond donors (Lipinski definition) is 4. The Morgan fingerprint density at radius 3 is 2.27 bits per heavy atom. The van der Waals surface area contributed by atoms with E-state index < -0.39 is 11.7 Å². The number of rotatable bonds is 9. The maximum absolute atomic E-state index is 11.5. The van der Waals surface area contributed by atoms with Crippen molar-refractivity contribution in [2.75, 3.05) is 32.7 Å². The number of hydrogen-bond acceptors (Lipinski definition) is 4. The molecule has 1 saturated carbocycles. The van der Waals surface area contributed by atoms with Crippen LogP contribution in [0.4, 0.5) is 4.79 Å². The summed E-state index contributed by atoms with van der Waals surface area (Å²) in [5.41, 5.74) is -0.487. The van der Waals surface area contributed by atoms with Gasteiger partial charge >= 0.3 is 6.09 Å². The molecule has 0 aromatic heterocycles. The first-order valence-corrected chi connectivity index (χ1v) is 9.08. The van der Waals surface area contributed by atoms with Crippen LogP contribution >= 0.6 is 24.0 Å². The first kappa shape index (κ1) is 24.7. The highest BCUT2D eigenvalue weighted by atomic mass is 127. The quantitative estimate of drug-likeness (QED) is 0.173. The highest BCUT2D eigenvalue weighted by molar-refractivity contribution is 14.0. The number of halogens is 1. The number of amides is 2. The van der Waals surface area contributed by atoms with Crippen LogP contribution in [0, 0.1) is 5.92 Å². The maximum Gasteiger partial charge on any atom is 0.407 e. The van der Waals surface area contributed by atoms with Gasteiger partial charge < -0.3 is 26.0 Å². The number of carbonyl (C=O) groups excluding carboxylic acids is 2. The van der Waals surface area contributed by atoms with Gasteiger partial charge in [0, 0.05) is 38.6 Å². The molecule has 0 unspecified atom stereocenters. The topological polar surface area (TPSA) is 104 Å². The molecule has 0 aromatic rings. The third-order valence-electron chi connectivity index (χ3n) is 3.28. The molecule has 1 fully saturated rings. The normalized spacial score (nSPS) is 14.1. The number of carbonyl (C=O) groups is 2. The summed E-state index contributed by atoms with van der Waals surface area (Å²) in [7, 11) is 0. The Morgan fingerprint density at radius 1 is 1.04 bits per heavy atom. The smallest absolute Gasteiger partial charge is 0.407 e. The minimum absolute atomic E-state index is 0. The fraction of sp³-hybridized carbons (Fsp3) is 0.824. The zero-order valence-corrected chi connectivity index (χ0v) is 18.6. The van der Waals surface area contributed by atoms with Crippen molar-refractivity contribution in [3.63, 3.8) is 0 Å². The van der Waals surface area contributed by atoms with Crippen molar-refractivity contribution in [3.05, 3.63) is 0 Å². The lowest BCUT2D eigenvalue weighted by Crippen LogP contribution is -2.42. The van der Waals surface area contributed by atoms with Crippen molar-refractivity contribution in [3.8, 4) is 0 Å². The highest BCUT2D eigenvalue weighted by Gasteiger charge is 2.28. The van der Waals surface area contributed by atoms with Crippen LogP contribution in [0.15, 0.2) is 4.99 Å².